The van der Waals surface area contributed by atoms with Crippen LogP contribution in [0.25, 0.3) is 11.8 Å². The molecule has 2 aliphatic rings. The highest BCUT2D eigenvalue weighted by Gasteiger charge is 2.24. The van der Waals surface area contributed by atoms with Crippen LogP contribution < -0.4 is 15.0 Å². The van der Waals surface area contributed by atoms with Crippen LogP contribution in [-0.2, 0) is 16.0 Å². The van der Waals surface area contributed by atoms with Crippen molar-refractivity contribution in [3.63, 3.8) is 0 Å². The highest BCUT2D eigenvalue weighted by molar-refractivity contribution is 6.17. The molecule has 3 aromatic rings. The maximum atomic E-state index is 13.6. The van der Waals surface area contributed by atoms with Crippen LogP contribution in [0, 0.1) is 6.92 Å². The molecule has 8 heteroatoms. The van der Waals surface area contributed by atoms with Crippen LogP contribution in [-0.4, -0.2) is 54.8 Å². The molecule has 39 heavy (non-hydrogen) atoms. The Morgan fingerprint density at radius 3 is 2.82 bits per heavy atom. The monoisotopic (exact) mass is 548 g/mol. The van der Waals surface area contributed by atoms with E-state index >= 15 is 0 Å². The van der Waals surface area contributed by atoms with Gasteiger partial charge in [0.2, 0.25) is 5.91 Å². The number of alkyl halides is 1. The first kappa shape index (κ1) is 27.3. The van der Waals surface area contributed by atoms with Crippen molar-refractivity contribution in [1.82, 2.24) is 14.9 Å². The van der Waals surface area contributed by atoms with Crippen molar-refractivity contribution in [2.45, 2.75) is 45.1 Å². The van der Waals surface area contributed by atoms with Crippen molar-refractivity contribution in [2.24, 2.45) is 0 Å². The quantitative estimate of drug-likeness (QED) is 0.277. The lowest BCUT2D eigenvalue weighted by Crippen LogP contribution is -2.36. The van der Waals surface area contributed by atoms with E-state index in [0.717, 1.165) is 80.3 Å². The van der Waals surface area contributed by atoms with Crippen molar-refractivity contribution < 1.29 is 14.3 Å². The summed E-state index contributed by atoms with van der Waals surface area (Å²) >= 11 is 6.03. The molecule has 0 spiro atoms. The number of aromatic nitrogens is 2. The minimum absolute atomic E-state index is 0.000725. The van der Waals surface area contributed by atoms with Gasteiger partial charge in [-0.1, -0.05) is 12.1 Å². The van der Waals surface area contributed by atoms with Gasteiger partial charge in [-0.3, -0.25) is 4.79 Å². The molecule has 1 N–H and O–H groups in total. The Bertz CT molecular complexity index is 1330. The van der Waals surface area contributed by atoms with Gasteiger partial charge in [-0.05, 0) is 86.1 Å². The number of hydrogen-bond donors (Lipinski definition) is 1. The van der Waals surface area contributed by atoms with E-state index in [9.17, 15) is 4.79 Å². The Balaban J connectivity index is 1.36. The number of aryl methyl sites for hydroxylation is 2. The number of anilines is 1. The molecule has 2 heterocycles. The lowest BCUT2D eigenvalue weighted by molar-refractivity contribution is -0.118. The van der Waals surface area contributed by atoms with Gasteiger partial charge in [0.15, 0.2) is 0 Å². The molecule has 1 aromatic heterocycles. The fourth-order valence-corrected chi connectivity index (χ4v) is 5.61. The number of amides is 1. The summed E-state index contributed by atoms with van der Waals surface area (Å²) in [6, 6.07) is 12.7. The van der Waals surface area contributed by atoms with Crippen LogP contribution >= 0.6 is 11.6 Å². The second-order valence-electron chi connectivity index (χ2n) is 10.2. The van der Waals surface area contributed by atoms with Crippen molar-refractivity contribution in [1.29, 1.82) is 0 Å². The molecule has 1 aliphatic carbocycles. The largest absolute Gasteiger partial charge is 0.495 e. The number of imidazole rings is 1. The number of halogens is 1. The van der Waals surface area contributed by atoms with Crippen molar-refractivity contribution in [3.8, 4) is 11.4 Å². The average Bonchev–Trinajstić information content (AvgIpc) is 3.41. The van der Waals surface area contributed by atoms with Crippen LogP contribution in [0.3, 0.4) is 0 Å². The number of ether oxygens (including phenoxy) is 2. The van der Waals surface area contributed by atoms with Gasteiger partial charge in [0.1, 0.15) is 5.75 Å². The molecule has 1 fully saturated rings. The van der Waals surface area contributed by atoms with E-state index in [2.05, 4.69) is 33.4 Å². The molecule has 7 nitrogen and oxygen atoms in total. The topological polar surface area (TPSA) is 68.6 Å². The number of carbonyl (C=O) groups excluding carboxylic acids is 1. The molecule has 0 radical (unpaired) electrons. The summed E-state index contributed by atoms with van der Waals surface area (Å²) in [5, 5.41) is 3.34. The smallest absolute Gasteiger partial charge is 0.247 e. The van der Waals surface area contributed by atoms with E-state index in [1.165, 1.54) is 16.8 Å². The summed E-state index contributed by atoms with van der Waals surface area (Å²) in [5.41, 5.74) is 7.27. The van der Waals surface area contributed by atoms with E-state index in [-0.39, 0.29) is 11.9 Å². The standard InChI is InChI=1S/C31H37ClN4O3/c1-22-20-36(21-33-22)29-11-8-23(18-30(29)38-2)17-25(6-4-12-32)31(37)34-28-7-3-5-24-19-26(9-10-27(24)28)35-13-15-39-16-14-35/h8-11,17-21,28H,3-7,12-16H2,1-2H3,(H,34,37). The number of carbonyl (C=O) groups is 1. The van der Waals surface area contributed by atoms with Crippen LogP contribution in [0.5, 0.6) is 5.75 Å². The molecule has 1 aliphatic heterocycles. The SMILES string of the molecule is COc1cc(C=C(CCCCl)C(=O)NC2CCCc3cc(N4CCOCC4)ccc32)ccc1-n1cnc(C)c1. The van der Waals surface area contributed by atoms with E-state index in [1.807, 2.05) is 42.0 Å². The predicted octanol–water partition coefficient (Wildman–Crippen LogP) is 5.62. The summed E-state index contributed by atoms with van der Waals surface area (Å²) < 4.78 is 13.1. The third kappa shape index (κ3) is 6.48. The summed E-state index contributed by atoms with van der Waals surface area (Å²) in [7, 11) is 1.65. The number of morpholine rings is 1. The molecular weight excluding hydrogens is 512 g/mol. The average molecular weight is 549 g/mol. The first-order valence-corrected chi connectivity index (χ1v) is 14.3. The minimum Gasteiger partial charge on any atom is -0.495 e. The Hall–Kier alpha value is -3.29. The van der Waals surface area contributed by atoms with E-state index in [0.29, 0.717) is 12.3 Å². The zero-order valence-corrected chi connectivity index (χ0v) is 23.5. The zero-order valence-electron chi connectivity index (χ0n) is 22.8. The predicted molar refractivity (Wildman–Crippen MR) is 156 cm³/mol. The van der Waals surface area contributed by atoms with Crippen molar-refractivity contribution >= 4 is 29.3 Å². The zero-order chi connectivity index (χ0) is 27.2. The van der Waals surface area contributed by atoms with Crippen LogP contribution in [0.4, 0.5) is 5.69 Å². The van der Waals surface area contributed by atoms with Crippen LogP contribution in [0.1, 0.15) is 54.1 Å². The van der Waals surface area contributed by atoms with Gasteiger partial charge < -0.3 is 24.3 Å². The number of benzene rings is 2. The normalized spacial score (nSPS) is 17.6. The number of nitrogens with zero attached hydrogens (tertiary/aromatic N) is 3. The molecule has 5 rings (SSSR count). The van der Waals surface area contributed by atoms with E-state index in [4.69, 9.17) is 21.1 Å². The second-order valence-corrected chi connectivity index (χ2v) is 10.6. The third-order valence-electron chi connectivity index (χ3n) is 7.53. The summed E-state index contributed by atoms with van der Waals surface area (Å²) in [4.78, 5) is 20.3. The summed E-state index contributed by atoms with van der Waals surface area (Å²) in [5.74, 6) is 1.18. The Morgan fingerprint density at radius 1 is 1.23 bits per heavy atom. The van der Waals surface area contributed by atoms with Gasteiger partial charge in [-0.15, -0.1) is 11.6 Å². The minimum atomic E-state index is -0.0384. The summed E-state index contributed by atoms with van der Waals surface area (Å²) in [6.07, 6.45) is 10.1. The summed E-state index contributed by atoms with van der Waals surface area (Å²) in [6.45, 7) is 5.33. The number of fused-ring (bicyclic) bond motifs is 1. The van der Waals surface area contributed by atoms with Gasteiger partial charge in [-0.2, -0.15) is 0 Å². The molecule has 2 aromatic carbocycles. The van der Waals surface area contributed by atoms with Gasteiger partial charge >= 0.3 is 0 Å². The van der Waals surface area contributed by atoms with Crippen molar-refractivity contribution in [3.05, 3.63) is 76.9 Å². The molecule has 0 bridgehead atoms. The number of nitrogens with one attached hydrogen (secondary N) is 1. The maximum absolute atomic E-state index is 13.6. The molecule has 1 atom stereocenters. The second kappa shape index (κ2) is 12.7. The molecule has 1 amide bonds. The van der Waals surface area contributed by atoms with Gasteiger partial charge in [0.05, 0.1) is 44.1 Å². The fraction of sp³-hybridized carbons (Fsp3) is 0.419. The van der Waals surface area contributed by atoms with Crippen molar-refractivity contribution in [2.75, 3.05) is 44.2 Å². The van der Waals surface area contributed by atoms with Gasteiger partial charge in [0, 0.05) is 36.4 Å². The lowest BCUT2D eigenvalue weighted by atomic mass is 9.87. The lowest BCUT2D eigenvalue weighted by Gasteiger charge is -2.32. The molecule has 206 valence electrons. The highest BCUT2D eigenvalue weighted by atomic mass is 35.5. The maximum Gasteiger partial charge on any atom is 0.247 e. The van der Waals surface area contributed by atoms with Gasteiger partial charge in [-0.25, -0.2) is 4.98 Å². The molecule has 1 saturated heterocycles. The molecular formula is C31H37ClN4O3. The fourth-order valence-electron chi connectivity index (χ4n) is 5.48. The first-order valence-electron chi connectivity index (χ1n) is 13.8. The number of methoxy groups -OCH3 is 1. The van der Waals surface area contributed by atoms with Crippen LogP contribution in [0.2, 0.25) is 0 Å². The molecule has 1 unspecified atom stereocenters. The van der Waals surface area contributed by atoms with E-state index in [1.54, 1.807) is 13.4 Å². The van der Waals surface area contributed by atoms with Gasteiger partial charge in [0.25, 0.3) is 0 Å². The Kier molecular flexibility index (Phi) is 8.89. The third-order valence-corrected chi connectivity index (χ3v) is 7.80. The first-order chi connectivity index (χ1) is 19.1. The number of hydrogen-bond acceptors (Lipinski definition) is 5. The van der Waals surface area contributed by atoms with Crippen LogP contribution in [0.15, 0.2) is 54.5 Å². The highest BCUT2D eigenvalue weighted by Crippen LogP contribution is 2.33. The van der Waals surface area contributed by atoms with E-state index < -0.39 is 0 Å². The Labute approximate surface area is 235 Å². The number of rotatable bonds is 9. The molecule has 0 saturated carbocycles. The Morgan fingerprint density at radius 2 is 2.08 bits per heavy atom.